The summed E-state index contributed by atoms with van der Waals surface area (Å²) in [4.78, 5) is 0. The second-order valence-electron chi connectivity index (χ2n) is 4.89. The largest absolute Gasteiger partial charge is 0.396 e. The molecule has 0 amide bonds. The molecule has 0 spiro atoms. The van der Waals surface area contributed by atoms with E-state index in [0.717, 1.165) is 0 Å². The summed E-state index contributed by atoms with van der Waals surface area (Å²) in [7, 11) is 0. The SMILES string of the molecule is CCCCC(C)C(C)C(C)(N)CCO. The minimum absolute atomic E-state index is 0.192. The van der Waals surface area contributed by atoms with Gasteiger partial charge in [0.25, 0.3) is 0 Å². The van der Waals surface area contributed by atoms with Crippen LogP contribution in [0.25, 0.3) is 0 Å². The minimum atomic E-state index is -0.220. The summed E-state index contributed by atoms with van der Waals surface area (Å²) >= 11 is 0. The summed E-state index contributed by atoms with van der Waals surface area (Å²) in [6, 6.07) is 0. The third-order valence-electron chi connectivity index (χ3n) is 3.56. The van der Waals surface area contributed by atoms with Crippen LogP contribution in [0.2, 0.25) is 0 Å². The van der Waals surface area contributed by atoms with Gasteiger partial charge in [-0.1, -0.05) is 40.0 Å². The first-order valence-corrected chi connectivity index (χ1v) is 5.85. The molecular formula is C12H27NO. The Hall–Kier alpha value is -0.0800. The molecule has 0 saturated carbocycles. The van der Waals surface area contributed by atoms with Crippen molar-refractivity contribution in [1.29, 1.82) is 0 Å². The molecule has 0 aliphatic heterocycles. The van der Waals surface area contributed by atoms with Crippen LogP contribution >= 0.6 is 0 Å². The van der Waals surface area contributed by atoms with Crippen molar-refractivity contribution >= 4 is 0 Å². The van der Waals surface area contributed by atoms with Gasteiger partial charge in [-0.25, -0.2) is 0 Å². The van der Waals surface area contributed by atoms with E-state index in [1.54, 1.807) is 0 Å². The van der Waals surface area contributed by atoms with E-state index in [9.17, 15) is 0 Å². The van der Waals surface area contributed by atoms with E-state index in [4.69, 9.17) is 10.8 Å². The highest BCUT2D eigenvalue weighted by Crippen LogP contribution is 2.28. The number of rotatable bonds is 7. The van der Waals surface area contributed by atoms with Crippen molar-refractivity contribution in [3.8, 4) is 0 Å². The van der Waals surface area contributed by atoms with Gasteiger partial charge in [0.2, 0.25) is 0 Å². The molecule has 2 nitrogen and oxygen atoms in total. The molecule has 0 rings (SSSR count). The van der Waals surface area contributed by atoms with E-state index < -0.39 is 0 Å². The van der Waals surface area contributed by atoms with Crippen molar-refractivity contribution in [2.75, 3.05) is 6.61 Å². The Morgan fingerprint density at radius 1 is 1.36 bits per heavy atom. The molecule has 0 aliphatic rings. The highest BCUT2D eigenvalue weighted by molar-refractivity contribution is 4.86. The minimum Gasteiger partial charge on any atom is -0.396 e. The van der Waals surface area contributed by atoms with Gasteiger partial charge in [0.1, 0.15) is 0 Å². The van der Waals surface area contributed by atoms with Crippen molar-refractivity contribution in [3.63, 3.8) is 0 Å². The zero-order valence-electron chi connectivity index (χ0n) is 10.2. The Labute approximate surface area is 88.9 Å². The lowest BCUT2D eigenvalue weighted by Crippen LogP contribution is -2.46. The molecule has 3 atom stereocenters. The summed E-state index contributed by atoms with van der Waals surface area (Å²) in [5.41, 5.74) is 5.96. The van der Waals surface area contributed by atoms with E-state index in [0.29, 0.717) is 18.3 Å². The van der Waals surface area contributed by atoms with Crippen LogP contribution in [0.4, 0.5) is 0 Å². The average Bonchev–Trinajstić information content (AvgIpc) is 2.12. The molecule has 0 aromatic carbocycles. The maximum Gasteiger partial charge on any atom is 0.0448 e. The maximum absolute atomic E-state index is 8.93. The number of hydrogen-bond acceptors (Lipinski definition) is 2. The van der Waals surface area contributed by atoms with Crippen LogP contribution < -0.4 is 5.73 Å². The van der Waals surface area contributed by atoms with Gasteiger partial charge in [-0.05, 0) is 25.2 Å². The fourth-order valence-corrected chi connectivity index (χ4v) is 1.89. The van der Waals surface area contributed by atoms with Crippen LogP contribution in [-0.4, -0.2) is 17.3 Å². The van der Waals surface area contributed by atoms with Gasteiger partial charge in [-0.2, -0.15) is 0 Å². The van der Waals surface area contributed by atoms with Crippen molar-refractivity contribution < 1.29 is 5.11 Å². The summed E-state index contributed by atoms with van der Waals surface area (Å²) in [6.07, 6.45) is 4.47. The van der Waals surface area contributed by atoms with Gasteiger partial charge in [0.15, 0.2) is 0 Å². The third kappa shape index (κ3) is 4.43. The highest BCUT2D eigenvalue weighted by Gasteiger charge is 2.29. The Balaban J connectivity index is 4.07. The molecule has 0 fully saturated rings. The predicted molar refractivity (Wildman–Crippen MR) is 62.1 cm³/mol. The maximum atomic E-state index is 8.93. The molecule has 0 aliphatic carbocycles. The quantitative estimate of drug-likeness (QED) is 0.665. The van der Waals surface area contributed by atoms with E-state index >= 15 is 0 Å². The number of aliphatic hydroxyl groups is 1. The Morgan fingerprint density at radius 3 is 2.36 bits per heavy atom. The fraction of sp³-hybridized carbons (Fsp3) is 1.00. The molecule has 0 saturated heterocycles. The lowest BCUT2D eigenvalue weighted by molar-refractivity contribution is 0.167. The van der Waals surface area contributed by atoms with E-state index in [2.05, 4.69) is 27.7 Å². The monoisotopic (exact) mass is 201 g/mol. The van der Waals surface area contributed by atoms with Crippen LogP contribution in [0.15, 0.2) is 0 Å². The van der Waals surface area contributed by atoms with Gasteiger partial charge in [-0.3, -0.25) is 0 Å². The zero-order chi connectivity index (χ0) is 11.2. The van der Waals surface area contributed by atoms with Gasteiger partial charge < -0.3 is 10.8 Å². The first-order chi connectivity index (χ1) is 6.45. The van der Waals surface area contributed by atoms with Crippen molar-refractivity contribution in [1.82, 2.24) is 0 Å². The summed E-state index contributed by atoms with van der Waals surface area (Å²) < 4.78 is 0. The van der Waals surface area contributed by atoms with Crippen LogP contribution in [0.3, 0.4) is 0 Å². The van der Waals surface area contributed by atoms with Crippen LogP contribution in [-0.2, 0) is 0 Å². The molecular weight excluding hydrogens is 174 g/mol. The van der Waals surface area contributed by atoms with Crippen LogP contribution in [0.1, 0.15) is 53.4 Å². The van der Waals surface area contributed by atoms with E-state index in [1.807, 2.05) is 0 Å². The molecule has 2 heteroatoms. The summed E-state index contributed by atoms with van der Waals surface area (Å²) in [6.45, 7) is 8.93. The Bertz CT molecular complexity index is 145. The second-order valence-corrected chi connectivity index (χ2v) is 4.89. The van der Waals surface area contributed by atoms with E-state index in [1.165, 1.54) is 19.3 Å². The fourth-order valence-electron chi connectivity index (χ4n) is 1.89. The molecule has 3 unspecified atom stereocenters. The second kappa shape index (κ2) is 6.41. The van der Waals surface area contributed by atoms with Gasteiger partial charge in [0, 0.05) is 12.1 Å². The predicted octanol–water partition coefficient (Wildman–Crippen LogP) is 2.55. The lowest BCUT2D eigenvalue weighted by Gasteiger charge is -2.35. The van der Waals surface area contributed by atoms with E-state index in [-0.39, 0.29) is 12.1 Å². The first-order valence-electron chi connectivity index (χ1n) is 5.85. The summed E-state index contributed by atoms with van der Waals surface area (Å²) in [5, 5.41) is 8.93. The average molecular weight is 201 g/mol. The standard InChI is InChI=1S/C12H27NO/c1-5-6-7-10(2)11(3)12(4,13)8-9-14/h10-11,14H,5-9,13H2,1-4H3. The van der Waals surface area contributed by atoms with Gasteiger partial charge in [-0.15, -0.1) is 0 Å². The normalized spacial score (nSPS) is 20.1. The zero-order valence-corrected chi connectivity index (χ0v) is 10.2. The molecule has 0 radical (unpaired) electrons. The van der Waals surface area contributed by atoms with Gasteiger partial charge in [0.05, 0.1) is 0 Å². The molecule has 0 aromatic rings. The molecule has 3 N–H and O–H groups in total. The Morgan fingerprint density at radius 2 is 1.93 bits per heavy atom. The van der Waals surface area contributed by atoms with Crippen molar-refractivity contribution in [2.24, 2.45) is 17.6 Å². The molecule has 86 valence electrons. The number of hydrogen-bond donors (Lipinski definition) is 2. The number of aliphatic hydroxyl groups excluding tert-OH is 1. The number of unbranched alkanes of at least 4 members (excludes halogenated alkanes) is 1. The molecule has 0 heterocycles. The van der Waals surface area contributed by atoms with Crippen LogP contribution in [0.5, 0.6) is 0 Å². The van der Waals surface area contributed by atoms with Crippen molar-refractivity contribution in [3.05, 3.63) is 0 Å². The third-order valence-corrected chi connectivity index (χ3v) is 3.56. The van der Waals surface area contributed by atoms with Gasteiger partial charge >= 0.3 is 0 Å². The topological polar surface area (TPSA) is 46.2 Å². The van der Waals surface area contributed by atoms with Crippen molar-refractivity contribution in [2.45, 2.75) is 58.9 Å². The van der Waals surface area contributed by atoms with Crippen LogP contribution in [0, 0.1) is 11.8 Å². The molecule has 0 bridgehead atoms. The Kier molecular flexibility index (Phi) is 6.38. The molecule has 14 heavy (non-hydrogen) atoms. The number of nitrogens with two attached hydrogens (primary N) is 1. The smallest absolute Gasteiger partial charge is 0.0448 e. The molecule has 0 aromatic heterocycles. The lowest BCUT2D eigenvalue weighted by atomic mass is 9.76. The summed E-state index contributed by atoms with van der Waals surface area (Å²) in [5.74, 6) is 1.12. The highest BCUT2D eigenvalue weighted by atomic mass is 16.3. The first kappa shape index (κ1) is 13.9.